The maximum atomic E-state index is 6.56. The second kappa shape index (κ2) is 6.54. The van der Waals surface area contributed by atoms with Crippen LogP contribution >= 0.6 is 12.9 Å². The molecule has 21 heavy (non-hydrogen) atoms. The predicted octanol–water partition coefficient (Wildman–Crippen LogP) is 5.13. The van der Waals surface area contributed by atoms with E-state index in [2.05, 4.69) is 86.2 Å². The highest BCUT2D eigenvalue weighted by Crippen LogP contribution is 2.40. The third-order valence-electron chi connectivity index (χ3n) is 3.33. The van der Waals surface area contributed by atoms with Gasteiger partial charge in [0.15, 0.2) is 0 Å². The molecular formula is C17H29BrMgOSi. The molecule has 0 atom stereocenters. The molecule has 0 fully saturated rings. The van der Waals surface area contributed by atoms with Crippen molar-refractivity contribution in [3.05, 3.63) is 23.3 Å². The molecule has 0 aliphatic rings. The average molecular weight is 382 g/mol. The minimum absolute atomic E-state index is 0.0988. The van der Waals surface area contributed by atoms with Crippen molar-refractivity contribution in [2.75, 3.05) is 0 Å². The number of hydrogen-bond donors (Lipinski definition) is 0. The molecule has 0 saturated heterocycles. The van der Waals surface area contributed by atoms with Crippen molar-refractivity contribution >= 4 is 43.1 Å². The summed E-state index contributed by atoms with van der Waals surface area (Å²) in [4.78, 5) is 0. The Labute approximate surface area is 148 Å². The van der Waals surface area contributed by atoms with Crippen LogP contribution in [0.15, 0.2) is 12.1 Å². The normalized spacial score (nSPS) is 13.0. The Morgan fingerprint density at radius 3 is 1.52 bits per heavy atom. The van der Waals surface area contributed by atoms with Gasteiger partial charge >= 0.3 is 18.2 Å². The Morgan fingerprint density at radius 2 is 1.29 bits per heavy atom. The molecule has 0 bridgehead atoms. The number of rotatable bonds is 3. The molecule has 0 radical (unpaired) electrons. The van der Waals surface area contributed by atoms with Crippen molar-refractivity contribution < 1.29 is 4.43 Å². The summed E-state index contributed by atoms with van der Waals surface area (Å²) in [6, 6.07) is 4.73. The van der Waals surface area contributed by atoms with E-state index in [0.29, 0.717) is 0 Å². The second-order valence-electron chi connectivity index (χ2n) is 8.87. The summed E-state index contributed by atoms with van der Waals surface area (Å²) in [5.74, 6) is 1.15. The molecule has 0 aliphatic carbocycles. The van der Waals surface area contributed by atoms with Crippen LogP contribution in [0.5, 0.6) is 5.75 Å². The summed E-state index contributed by atoms with van der Waals surface area (Å²) in [5.41, 5.74) is 2.92. The zero-order valence-electron chi connectivity index (χ0n) is 15.1. The van der Waals surface area contributed by atoms with Crippen LogP contribution in [0, 0.1) is 0 Å². The van der Waals surface area contributed by atoms with Gasteiger partial charge in [-0.1, -0.05) is 53.7 Å². The third-order valence-corrected chi connectivity index (χ3v) is 6.80. The van der Waals surface area contributed by atoms with Gasteiger partial charge in [-0.3, -0.25) is 12.9 Å². The fourth-order valence-electron chi connectivity index (χ4n) is 2.30. The third kappa shape index (κ3) is 5.56. The molecule has 0 saturated carbocycles. The Hall–Kier alpha value is 0.483. The molecule has 0 heterocycles. The van der Waals surface area contributed by atoms with E-state index in [1.165, 1.54) is 14.8 Å². The van der Waals surface area contributed by atoms with Crippen LogP contribution in [0.2, 0.25) is 19.6 Å². The maximum Gasteiger partial charge on any atom is 0.506 e. The molecule has 1 rings (SSSR count). The second-order valence-corrected chi connectivity index (χ2v) is 16.1. The smallest absolute Gasteiger partial charge is 0.506 e. The number of hydrogen-bond acceptors (Lipinski definition) is 1. The number of benzene rings is 1. The lowest BCUT2D eigenvalue weighted by molar-refractivity contribution is 0.478. The lowest BCUT2D eigenvalue weighted by Gasteiger charge is -2.34. The zero-order valence-corrected chi connectivity index (χ0v) is 19.1. The zero-order chi connectivity index (χ0) is 16.6. The minimum Gasteiger partial charge on any atom is -0.544 e. The van der Waals surface area contributed by atoms with Crippen molar-refractivity contribution in [3.8, 4) is 5.75 Å². The van der Waals surface area contributed by atoms with Gasteiger partial charge in [-0.25, -0.2) is 0 Å². The molecule has 0 N–H and O–H groups in total. The van der Waals surface area contributed by atoms with Gasteiger partial charge in [0.2, 0.25) is 8.32 Å². The largest absolute Gasteiger partial charge is 0.544 e. The Balaban J connectivity index is 3.68. The first-order valence-corrected chi connectivity index (χ1v) is 15.7. The quantitative estimate of drug-likeness (QED) is 0.659. The van der Waals surface area contributed by atoms with E-state index >= 15 is 0 Å². The maximum absolute atomic E-state index is 6.56. The lowest BCUT2D eigenvalue weighted by atomic mass is 9.79. The van der Waals surface area contributed by atoms with E-state index in [4.69, 9.17) is 4.43 Å². The van der Waals surface area contributed by atoms with Crippen LogP contribution in [0.4, 0.5) is 0 Å². The number of halogens is 1. The van der Waals surface area contributed by atoms with E-state index in [-0.39, 0.29) is 29.0 Å². The van der Waals surface area contributed by atoms with Crippen LogP contribution in [0.3, 0.4) is 0 Å². The SMILES string of the molecule is CC(C)(C)c1c[c]([Mg][Br])cc(C(C)(C)C)c1O[Si](C)(C)C. The molecule has 1 aromatic carbocycles. The van der Waals surface area contributed by atoms with Crippen LogP contribution < -0.4 is 8.12 Å². The molecule has 0 aromatic heterocycles. The fourth-order valence-corrected chi connectivity index (χ4v) is 4.66. The first-order chi connectivity index (χ1) is 9.25. The molecule has 0 unspecified atom stereocenters. The monoisotopic (exact) mass is 380 g/mol. The standard InChI is InChI=1S/C17H29OSi.BrH.Mg/c1-16(2,3)13-11-10-12-14(17(4,5)6)15(13)18-19(7,8)9;;/h11-12H,1-9H3;1H;/q;;+1/p-1. The van der Waals surface area contributed by atoms with Crippen LogP contribution in [-0.4, -0.2) is 26.5 Å². The van der Waals surface area contributed by atoms with Gasteiger partial charge in [0.05, 0.1) is 0 Å². The summed E-state index contributed by atoms with van der Waals surface area (Å²) in [7, 11) is -1.65. The van der Waals surface area contributed by atoms with Crippen molar-refractivity contribution in [2.24, 2.45) is 0 Å². The highest BCUT2D eigenvalue weighted by atomic mass is 79.9. The first-order valence-electron chi connectivity index (χ1n) is 7.68. The van der Waals surface area contributed by atoms with E-state index < -0.39 is 8.32 Å². The minimum atomic E-state index is -1.65. The Morgan fingerprint density at radius 1 is 0.905 bits per heavy atom. The van der Waals surface area contributed by atoms with Gasteiger partial charge in [0.25, 0.3) is 0 Å². The first kappa shape index (κ1) is 19.5. The van der Waals surface area contributed by atoms with Crippen molar-refractivity contribution in [1.29, 1.82) is 0 Å². The molecule has 1 nitrogen and oxygen atoms in total. The van der Waals surface area contributed by atoms with Crippen LogP contribution in [0.1, 0.15) is 52.7 Å². The van der Waals surface area contributed by atoms with Gasteiger partial charge < -0.3 is 4.43 Å². The molecule has 1 aromatic rings. The summed E-state index contributed by atoms with van der Waals surface area (Å²) < 4.78 is 8.02. The molecule has 0 aliphatic heterocycles. The molecule has 116 valence electrons. The Bertz CT molecular complexity index is 472. The van der Waals surface area contributed by atoms with Crippen LogP contribution in [-0.2, 0) is 10.8 Å². The predicted molar refractivity (Wildman–Crippen MR) is 102 cm³/mol. The van der Waals surface area contributed by atoms with E-state index in [1.807, 2.05) is 0 Å². The van der Waals surface area contributed by atoms with Gasteiger partial charge in [-0.15, -0.1) is 0 Å². The summed E-state index contributed by atoms with van der Waals surface area (Å²) in [5, 5.41) is 0. The van der Waals surface area contributed by atoms with Crippen LogP contribution in [0.25, 0.3) is 0 Å². The lowest BCUT2D eigenvalue weighted by Crippen LogP contribution is -2.34. The highest BCUT2D eigenvalue weighted by molar-refractivity contribution is 9.23. The Kier molecular flexibility index (Phi) is 6.08. The summed E-state index contributed by atoms with van der Waals surface area (Å²) in [6.45, 7) is 20.5. The summed E-state index contributed by atoms with van der Waals surface area (Å²) in [6.07, 6.45) is 0. The van der Waals surface area contributed by atoms with Gasteiger partial charge in [0.1, 0.15) is 5.75 Å². The van der Waals surface area contributed by atoms with Crippen molar-refractivity contribution in [2.45, 2.75) is 72.0 Å². The van der Waals surface area contributed by atoms with E-state index in [1.54, 1.807) is 0 Å². The molecule has 4 heteroatoms. The molecule has 0 amide bonds. The topological polar surface area (TPSA) is 9.23 Å². The fraction of sp³-hybridized carbons (Fsp3) is 0.647. The molecular weight excluding hydrogens is 352 g/mol. The van der Waals surface area contributed by atoms with Gasteiger partial charge in [-0.2, -0.15) is 3.69 Å². The van der Waals surface area contributed by atoms with Gasteiger partial charge in [0, 0.05) is 0 Å². The average Bonchev–Trinajstić information content (AvgIpc) is 2.23. The van der Waals surface area contributed by atoms with E-state index in [0.717, 1.165) is 5.75 Å². The van der Waals surface area contributed by atoms with Crippen molar-refractivity contribution in [1.82, 2.24) is 0 Å². The highest BCUT2D eigenvalue weighted by Gasteiger charge is 2.30. The van der Waals surface area contributed by atoms with Crippen molar-refractivity contribution in [3.63, 3.8) is 0 Å². The van der Waals surface area contributed by atoms with E-state index in [9.17, 15) is 0 Å². The molecule has 0 spiro atoms. The van der Waals surface area contributed by atoms with Gasteiger partial charge in [-0.05, 0) is 41.6 Å². The summed E-state index contributed by atoms with van der Waals surface area (Å²) >= 11 is 3.40.